The third-order valence-electron chi connectivity index (χ3n) is 1.89. The summed E-state index contributed by atoms with van der Waals surface area (Å²) in [5, 5.41) is 0.563. The van der Waals surface area contributed by atoms with Crippen molar-refractivity contribution < 1.29 is 9.53 Å². The lowest BCUT2D eigenvalue weighted by atomic mass is 10.1. The number of esters is 1. The van der Waals surface area contributed by atoms with Crippen molar-refractivity contribution >= 4 is 45.1 Å². The van der Waals surface area contributed by atoms with Gasteiger partial charge in [0.05, 0.1) is 13.5 Å². The molecule has 0 aliphatic rings. The molecule has 0 unspecified atom stereocenters. The Morgan fingerprint density at radius 1 is 1.47 bits per heavy atom. The Bertz CT molecular complexity index is 380. The van der Waals surface area contributed by atoms with Gasteiger partial charge in [-0.3, -0.25) is 4.79 Å². The third kappa shape index (κ3) is 3.37. The van der Waals surface area contributed by atoms with Gasteiger partial charge in [0.15, 0.2) is 0 Å². The van der Waals surface area contributed by atoms with Crippen LogP contribution < -0.4 is 0 Å². The van der Waals surface area contributed by atoms with E-state index in [2.05, 4.69) is 20.7 Å². The number of benzene rings is 1. The quantitative estimate of drug-likeness (QED) is 0.630. The van der Waals surface area contributed by atoms with Crippen LogP contribution in [0.15, 0.2) is 16.6 Å². The zero-order chi connectivity index (χ0) is 11.4. The highest BCUT2D eigenvalue weighted by Crippen LogP contribution is 2.28. The van der Waals surface area contributed by atoms with E-state index in [9.17, 15) is 4.79 Å². The van der Waals surface area contributed by atoms with Gasteiger partial charge in [-0.2, -0.15) is 0 Å². The van der Waals surface area contributed by atoms with E-state index in [0.717, 1.165) is 15.6 Å². The maximum atomic E-state index is 11.1. The van der Waals surface area contributed by atoms with Gasteiger partial charge in [-0.15, -0.1) is 11.6 Å². The van der Waals surface area contributed by atoms with Gasteiger partial charge in [-0.25, -0.2) is 0 Å². The highest BCUT2D eigenvalue weighted by atomic mass is 79.9. The molecule has 0 fully saturated rings. The van der Waals surface area contributed by atoms with Crippen molar-refractivity contribution in [3.63, 3.8) is 0 Å². The molecule has 0 aliphatic carbocycles. The maximum Gasteiger partial charge on any atom is 0.310 e. The van der Waals surface area contributed by atoms with Crippen molar-refractivity contribution in [2.75, 3.05) is 7.11 Å². The number of carbonyl (C=O) groups excluding carboxylic acids is 1. The van der Waals surface area contributed by atoms with Gasteiger partial charge in [-0.05, 0) is 23.3 Å². The van der Waals surface area contributed by atoms with Crippen molar-refractivity contribution in [1.29, 1.82) is 0 Å². The smallest absolute Gasteiger partial charge is 0.310 e. The lowest BCUT2D eigenvalue weighted by Gasteiger charge is -2.08. The standard InChI is InChI=1S/C10H9BrCl2O2/c1-15-9(14)4-6-2-8(13)3-7(5-12)10(6)11/h2-3H,4-5H2,1H3. The van der Waals surface area contributed by atoms with Gasteiger partial charge in [0.1, 0.15) is 0 Å². The van der Waals surface area contributed by atoms with Crippen LogP contribution in [-0.2, 0) is 21.8 Å². The van der Waals surface area contributed by atoms with E-state index >= 15 is 0 Å². The highest BCUT2D eigenvalue weighted by Gasteiger charge is 2.11. The van der Waals surface area contributed by atoms with Crippen molar-refractivity contribution in [1.82, 2.24) is 0 Å². The summed E-state index contributed by atoms with van der Waals surface area (Å²) < 4.78 is 5.40. The molecule has 82 valence electrons. The van der Waals surface area contributed by atoms with Crippen LogP contribution >= 0.6 is 39.1 Å². The molecular formula is C10H9BrCl2O2. The molecule has 5 heteroatoms. The Morgan fingerprint density at radius 3 is 2.60 bits per heavy atom. The van der Waals surface area contributed by atoms with Crippen LogP contribution in [0.5, 0.6) is 0 Å². The van der Waals surface area contributed by atoms with Crippen LogP contribution in [0.25, 0.3) is 0 Å². The Labute approximate surface area is 107 Å². The van der Waals surface area contributed by atoms with Crippen LogP contribution in [0.3, 0.4) is 0 Å². The molecule has 0 aliphatic heterocycles. The Hall–Kier alpha value is -0.250. The molecule has 0 aromatic heterocycles. The van der Waals surface area contributed by atoms with Crippen LogP contribution in [0.4, 0.5) is 0 Å². The number of ether oxygens (including phenoxy) is 1. The summed E-state index contributed by atoms with van der Waals surface area (Å²) in [5.41, 5.74) is 1.65. The summed E-state index contributed by atoms with van der Waals surface area (Å²) in [6.45, 7) is 0. The zero-order valence-electron chi connectivity index (χ0n) is 8.02. The summed E-state index contributed by atoms with van der Waals surface area (Å²) in [6.07, 6.45) is 0.182. The first-order chi connectivity index (χ1) is 7.08. The van der Waals surface area contributed by atoms with Crippen molar-refractivity contribution in [2.24, 2.45) is 0 Å². The van der Waals surface area contributed by atoms with E-state index < -0.39 is 0 Å². The second-order valence-corrected chi connectivity index (χ2v) is 4.42. The fraction of sp³-hybridized carbons (Fsp3) is 0.300. The Kier molecular flexibility index (Phi) is 4.90. The summed E-state index contributed by atoms with van der Waals surface area (Å²) in [5.74, 6) is 0.0356. The molecule has 0 N–H and O–H groups in total. The molecule has 0 bridgehead atoms. The Morgan fingerprint density at radius 2 is 2.07 bits per heavy atom. The molecule has 0 saturated heterocycles. The second-order valence-electron chi connectivity index (χ2n) is 2.92. The number of carbonyl (C=O) groups is 1. The number of alkyl halides is 1. The van der Waals surface area contributed by atoms with Crippen molar-refractivity contribution in [2.45, 2.75) is 12.3 Å². The Balaban J connectivity index is 3.06. The largest absolute Gasteiger partial charge is 0.469 e. The number of hydrogen-bond acceptors (Lipinski definition) is 2. The number of methoxy groups -OCH3 is 1. The van der Waals surface area contributed by atoms with Gasteiger partial charge in [0.25, 0.3) is 0 Å². The van der Waals surface area contributed by atoms with Gasteiger partial charge >= 0.3 is 5.97 Å². The average molecular weight is 312 g/mol. The predicted octanol–water partition coefficient (Wildman–Crippen LogP) is 3.56. The average Bonchev–Trinajstić information content (AvgIpc) is 2.22. The van der Waals surface area contributed by atoms with Crippen molar-refractivity contribution in [3.05, 3.63) is 32.8 Å². The van der Waals surface area contributed by atoms with E-state index in [-0.39, 0.29) is 12.4 Å². The van der Waals surface area contributed by atoms with Crippen molar-refractivity contribution in [3.8, 4) is 0 Å². The summed E-state index contributed by atoms with van der Waals surface area (Å²) in [4.78, 5) is 11.1. The molecule has 1 aromatic rings. The zero-order valence-corrected chi connectivity index (χ0v) is 11.1. The molecule has 0 heterocycles. The first kappa shape index (κ1) is 12.8. The monoisotopic (exact) mass is 310 g/mol. The molecule has 0 spiro atoms. The minimum absolute atomic E-state index is 0.182. The maximum absolute atomic E-state index is 11.1. The SMILES string of the molecule is COC(=O)Cc1cc(Cl)cc(CCl)c1Br. The fourth-order valence-electron chi connectivity index (χ4n) is 1.16. The molecule has 0 saturated carbocycles. The topological polar surface area (TPSA) is 26.3 Å². The molecule has 0 amide bonds. The lowest BCUT2D eigenvalue weighted by Crippen LogP contribution is -2.05. The number of hydrogen-bond donors (Lipinski definition) is 0. The van der Waals surface area contributed by atoms with Gasteiger partial charge < -0.3 is 4.74 Å². The molecular weight excluding hydrogens is 303 g/mol. The minimum Gasteiger partial charge on any atom is -0.469 e. The molecule has 2 nitrogen and oxygen atoms in total. The van der Waals surface area contributed by atoms with E-state index in [1.807, 2.05) is 0 Å². The van der Waals surface area contributed by atoms with Crippen LogP contribution in [0, 0.1) is 0 Å². The molecule has 15 heavy (non-hydrogen) atoms. The summed E-state index contributed by atoms with van der Waals surface area (Å²) in [6, 6.07) is 3.48. The first-order valence-corrected chi connectivity index (χ1v) is 5.88. The molecule has 0 atom stereocenters. The van der Waals surface area contributed by atoms with Gasteiger partial charge in [0.2, 0.25) is 0 Å². The van der Waals surface area contributed by atoms with E-state index in [4.69, 9.17) is 23.2 Å². The van der Waals surface area contributed by atoms with Crippen LogP contribution in [-0.4, -0.2) is 13.1 Å². The summed E-state index contributed by atoms with van der Waals surface area (Å²) >= 11 is 15.0. The third-order valence-corrected chi connectivity index (χ3v) is 3.42. The normalized spacial score (nSPS) is 10.1. The van der Waals surface area contributed by atoms with Gasteiger partial charge in [0, 0.05) is 15.4 Å². The highest BCUT2D eigenvalue weighted by molar-refractivity contribution is 9.10. The fourth-order valence-corrected chi connectivity index (χ4v) is 2.31. The van der Waals surface area contributed by atoms with Gasteiger partial charge in [-0.1, -0.05) is 27.5 Å². The van der Waals surface area contributed by atoms with Crippen LogP contribution in [0.2, 0.25) is 5.02 Å². The van der Waals surface area contributed by atoms with E-state index in [1.54, 1.807) is 12.1 Å². The first-order valence-electron chi connectivity index (χ1n) is 4.18. The van der Waals surface area contributed by atoms with Crippen LogP contribution in [0.1, 0.15) is 11.1 Å². The molecule has 0 radical (unpaired) electrons. The van der Waals surface area contributed by atoms with E-state index in [1.165, 1.54) is 7.11 Å². The molecule has 1 rings (SSSR count). The van der Waals surface area contributed by atoms with E-state index in [0.29, 0.717) is 10.9 Å². The predicted molar refractivity (Wildman–Crippen MR) is 64.4 cm³/mol. The number of halogens is 3. The lowest BCUT2D eigenvalue weighted by molar-refractivity contribution is -0.139. The molecule has 1 aromatic carbocycles. The number of rotatable bonds is 3. The summed E-state index contributed by atoms with van der Waals surface area (Å²) in [7, 11) is 1.35. The second kappa shape index (κ2) is 5.73. The minimum atomic E-state index is -0.307.